The van der Waals surface area contributed by atoms with E-state index in [1.165, 1.54) is 7.11 Å². The lowest BCUT2D eigenvalue weighted by molar-refractivity contribution is -0.118. The molecule has 1 heterocycles. The number of anilines is 1. The lowest BCUT2D eigenvalue weighted by Crippen LogP contribution is -2.28. The minimum absolute atomic E-state index is 0.158. The van der Waals surface area contributed by atoms with E-state index in [-0.39, 0.29) is 18.4 Å². The summed E-state index contributed by atoms with van der Waals surface area (Å²) >= 11 is 0. The maximum atomic E-state index is 12.0. The molecule has 1 amide bonds. The van der Waals surface area contributed by atoms with E-state index in [2.05, 4.69) is 15.6 Å². The van der Waals surface area contributed by atoms with E-state index in [1.807, 2.05) is 18.2 Å². The average Bonchev–Trinajstić information content (AvgIpc) is 2.99. The molecule has 0 fully saturated rings. The number of nitrogens with two attached hydrogens (primary N) is 1. The molecule has 1 aromatic carbocycles. The zero-order valence-electron chi connectivity index (χ0n) is 11.2. The third-order valence-electron chi connectivity index (χ3n) is 2.86. The van der Waals surface area contributed by atoms with Gasteiger partial charge >= 0.3 is 0 Å². The van der Waals surface area contributed by atoms with Gasteiger partial charge in [0.05, 0.1) is 36.3 Å². The first-order valence-corrected chi connectivity index (χ1v) is 6.23. The minimum Gasteiger partial charge on any atom is -0.380 e. The summed E-state index contributed by atoms with van der Waals surface area (Å²) in [6, 6.07) is 7.36. The van der Waals surface area contributed by atoms with Gasteiger partial charge in [-0.3, -0.25) is 4.79 Å². The molecule has 0 saturated heterocycles. The van der Waals surface area contributed by atoms with Crippen molar-refractivity contribution < 1.29 is 9.53 Å². The summed E-state index contributed by atoms with van der Waals surface area (Å²) in [5.41, 5.74) is 6.92. The van der Waals surface area contributed by atoms with Gasteiger partial charge in [0, 0.05) is 13.7 Å². The van der Waals surface area contributed by atoms with Crippen molar-refractivity contribution in [3.63, 3.8) is 0 Å². The van der Waals surface area contributed by atoms with Crippen LogP contribution in [0.4, 0.5) is 5.69 Å². The summed E-state index contributed by atoms with van der Waals surface area (Å²) in [6.07, 6.45) is 3.21. The van der Waals surface area contributed by atoms with Gasteiger partial charge in [-0.05, 0) is 12.1 Å². The lowest BCUT2D eigenvalue weighted by atomic mass is 10.2. The summed E-state index contributed by atoms with van der Waals surface area (Å²) < 4.78 is 6.69. The van der Waals surface area contributed by atoms with Gasteiger partial charge in [0.2, 0.25) is 5.91 Å². The fourth-order valence-corrected chi connectivity index (χ4v) is 1.79. The van der Waals surface area contributed by atoms with Crippen molar-refractivity contribution >= 4 is 11.6 Å². The first-order chi connectivity index (χ1) is 9.74. The smallest absolute Gasteiger partial charge is 0.227 e. The van der Waals surface area contributed by atoms with Crippen LogP contribution >= 0.6 is 0 Å². The molecule has 0 aliphatic heterocycles. The zero-order chi connectivity index (χ0) is 14.4. The summed E-state index contributed by atoms with van der Waals surface area (Å²) in [6.45, 7) is 0.300. The van der Waals surface area contributed by atoms with Crippen LogP contribution in [-0.4, -0.2) is 40.7 Å². The van der Waals surface area contributed by atoms with Gasteiger partial charge in [-0.2, -0.15) is 0 Å². The van der Waals surface area contributed by atoms with E-state index in [4.69, 9.17) is 10.5 Å². The molecule has 7 heteroatoms. The van der Waals surface area contributed by atoms with Crippen LogP contribution in [-0.2, 0) is 9.53 Å². The van der Waals surface area contributed by atoms with E-state index in [0.717, 1.165) is 5.69 Å². The van der Waals surface area contributed by atoms with Crippen molar-refractivity contribution in [3.8, 4) is 5.69 Å². The lowest BCUT2D eigenvalue weighted by Gasteiger charge is -2.14. The Labute approximate surface area is 116 Å². The molecule has 0 saturated carbocycles. The van der Waals surface area contributed by atoms with Gasteiger partial charge in [0.25, 0.3) is 0 Å². The molecule has 1 unspecified atom stereocenters. The molecule has 2 aromatic rings. The number of hydrogen-bond acceptors (Lipinski definition) is 5. The highest BCUT2D eigenvalue weighted by Crippen LogP contribution is 2.19. The van der Waals surface area contributed by atoms with Crippen LogP contribution in [0.2, 0.25) is 0 Å². The van der Waals surface area contributed by atoms with Crippen molar-refractivity contribution in [1.82, 2.24) is 15.0 Å². The van der Waals surface area contributed by atoms with Crippen LogP contribution in [0.1, 0.15) is 6.42 Å². The third-order valence-corrected chi connectivity index (χ3v) is 2.86. The van der Waals surface area contributed by atoms with Crippen LogP contribution in [0, 0.1) is 0 Å². The maximum absolute atomic E-state index is 12.0. The predicted octanol–water partition coefficient (Wildman–Crippen LogP) is 0.570. The first kappa shape index (κ1) is 14.2. The Hall–Kier alpha value is -2.25. The summed E-state index contributed by atoms with van der Waals surface area (Å²) in [7, 11) is 1.54. The Morgan fingerprint density at radius 1 is 1.50 bits per heavy atom. The molecular formula is C13H17N5O2. The van der Waals surface area contributed by atoms with E-state index >= 15 is 0 Å². The van der Waals surface area contributed by atoms with Crippen molar-refractivity contribution in [1.29, 1.82) is 0 Å². The van der Waals surface area contributed by atoms with Gasteiger partial charge in [0.1, 0.15) is 0 Å². The number of carbonyl (C=O) groups is 1. The van der Waals surface area contributed by atoms with Crippen LogP contribution < -0.4 is 11.1 Å². The second-order valence-corrected chi connectivity index (χ2v) is 4.21. The highest BCUT2D eigenvalue weighted by Gasteiger charge is 2.13. The second kappa shape index (κ2) is 6.78. The normalized spacial score (nSPS) is 12.1. The molecule has 0 aliphatic carbocycles. The molecule has 7 nitrogen and oxygen atoms in total. The van der Waals surface area contributed by atoms with E-state index in [9.17, 15) is 4.79 Å². The Bertz CT molecular complexity index is 552. The van der Waals surface area contributed by atoms with Gasteiger partial charge in [-0.25, -0.2) is 4.68 Å². The summed E-state index contributed by atoms with van der Waals surface area (Å²) in [5, 5.41) is 10.5. The number of rotatable bonds is 6. The first-order valence-electron chi connectivity index (χ1n) is 6.23. The number of nitrogens with zero attached hydrogens (tertiary/aromatic N) is 3. The summed E-state index contributed by atoms with van der Waals surface area (Å²) in [5.74, 6) is -0.158. The average molecular weight is 275 g/mol. The molecule has 1 atom stereocenters. The topological polar surface area (TPSA) is 95.1 Å². The molecule has 0 spiro atoms. The Balaban J connectivity index is 2.12. The van der Waals surface area contributed by atoms with Crippen LogP contribution in [0.3, 0.4) is 0 Å². The fraction of sp³-hybridized carbons (Fsp3) is 0.308. The van der Waals surface area contributed by atoms with E-state index in [1.54, 1.807) is 23.1 Å². The Kier molecular flexibility index (Phi) is 4.80. The second-order valence-electron chi connectivity index (χ2n) is 4.21. The SMILES string of the molecule is COC(CN)CC(=O)Nc1ccccc1-n1ccnn1. The number of methoxy groups -OCH3 is 1. The van der Waals surface area contributed by atoms with Crippen LogP contribution in [0.5, 0.6) is 0 Å². The van der Waals surface area contributed by atoms with Gasteiger partial charge in [0.15, 0.2) is 0 Å². The van der Waals surface area contributed by atoms with E-state index < -0.39 is 0 Å². The number of amides is 1. The molecule has 0 bridgehead atoms. The van der Waals surface area contributed by atoms with Crippen molar-refractivity contribution in [3.05, 3.63) is 36.7 Å². The Morgan fingerprint density at radius 3 is 2.95 bits per heavy atom. The number of aromatic nitrogens is 3. The van der Waals surface area contributed by atoms with Gasteiger partial charge < -0.3 is 15.8 Å². The van der Waals surface area contributed by atoms with E-state index in [0.29, 0.717) is 12.2 Å². The standard InChI is InChI=1S/C13H17N5O2/c1-20-10(9-14)8-13(19)16-11-4-2-3-5-12(11)18-7-6-15-17-18/h2-7,10H,8-9,14H2,1H3,(H,16,19). The maximum Gasteiger partial charge on any atom is 0.227 e. The zero-order valence-corrected chi connectivity index (χ0v) is 11.2. The van der Waals surface area contributed by atoms with Crippen molar-refractivity contribution in [2.24, 2.45) is 5.73 Å². The molecule has 0 aliphatic rings. The number of nitrogens with one attached hydrogen (secondary N) is 1. The molecule has 3 N–H and O–H groups in total. The third kappa shape index (κ3) is 3.40. The Morgan fingerprint density at radius 2 is 2.30 bits per heavy atom. The van der Waals surface area contributed by atoms with Crippen LogP contribution in [0.25, 0.3) is 5.69 Å². The highest BCUT2D eigenvalue weighted by molar-refractivity contribution is 5.93. The number of benzene rings is 1. The fourth-order valence-electron chi connectivity index (χ4n) is 1.79. The minimum atomic E-state index is -0.284. The number of para-hydroxylation sites is 2. The molecule has 106 valence electrons. The molecule has 2 rings (SSSR count). The molecule has 0 radical (unpaired) electrons. The van der Waals surface area contributed by atoms with Gasteiger partial charge in [-0.15, -0.1) is 5.10 Å². The number of ether oxygens (including phenoxy) is 1. The van der Waals surface area contributed by atoms with Crippen molar-refractivity contribution in [2.45, 2.75) is 12.5 Å². The van der Waals surface area contributed by atoms with Gasteiger partial charge in [-0.1, -0.05) is 17.3 Å². The predicted molar refractivity (Wildman–Crippen MR) is 74.5 cm³/mol. The molecule has 20 heavy (non-hydrogen) atoms. The molecule has 1 aromatic heterocycles. The van der Waals surface area contributed by atoms with Crippen LogP contribution in [0.15, 0.2) is 36.7 Å². The molecular weight excluding hydrogens is 258 g/mol. The number of carbonyl (C=O) groups excluding carboxylic acids is 1. The summed E-state index contributed by atoms with van der Waals surface area (Å²) in [4.78, 5) is 12.0. The highest BCUT2D eigenvalue weighted by atomic mass is 16.5. The largest absolute Gasteiger partial charge is 0.380 e. The quantitative estimate of drug-likeness (QED) is 0.803. The van der Waals surface area contributed by atoms with Crippen molar-refractivity contribution in [2.75, 3.05) is 19.0 Å². The monoisotopic (exact) mass is 275 g/mol. The number of hydrogen-bond donors (Lipinski definition) is 2.